The molecule has 2 aliphatic rings. The Kier molecular flexibility index (Phi) is 6.08. The summed E-state index contributed by atoms with van der Waals surface area (Å²) in [6, 6.07) is 11.7. The molecule has 2 saturated heterocycles. The van der Waals surface area contributed by atoms with E-state index in [0.29, 0.717) is 36.5 Å². The van der Waals surface area contributed by atoms with Crippen LogP contribution in [-0.4, -0.2) is 54.1 Å². The van der Waals surface area contributed by atoms with Crippen molar-refractivity contribution in [3.05, 3.63) is 54.0 Å². The molecule has 3 aromatic heterocycles. The molecule has 37 heavy (non-hydrogen) atoms. The van der Waals surface area contributed by atoms with Gasteiger partial charge in [-0.25, -0.2) is 0 Å². The quantitative estimate of drug-likeness (QED) is 0.415. The molecule has 1 amide bonds. The largest absolute Gasteiger partial charge is 0.497 e. The number of benzene rings is 1. The normalized spacial score (nSPS) is 17.3. The second-order valence-corrected chi connectivity index (χ2v) is 9.78. The highest BCUT2D eigenvalue weighted by atomic mass is 16.5. The van der Waals surface area contributed by atoms with Crippen LogP contribution >= 0.6 is 0 Å². The number of aromatic amines is 1. The van der Waals surface area contributed by atoms with E-state index in [4.69, 9.17) is 13.6 Å². The molecule has 1 aromatic carbocycles. The van der Waals surface area contributed by atoms with Crippen molar-refractivity contribution in [3.63, 3.8) is 0 Å². The van der Waals surface area contributed by atoms with Crippen LogP contribution < -0.4 is 9.64 Å². The van der Waals surface area contributed by atoms with E-state index in [-0.39, 0.29) is 17.5 Å². The lowest BCUT2D eigenvalue weighted by Gasteiger charge is -2.37. The zero-order chi connectivity index (χ0) is 25.4. The molecule has 0 radical (unpaired) electrons. The SMILES string of the molecule is COc1ccc2[nH]cc(C3CCN(C(=O)C4CCN(c5oc(-c6ccco6)nc5C#N)CC4)CC3)c2c1. The molecular weight excluding hydrogens is 470 g/mol. The smallest absolute Gasteiger partial charge is 0.266 e. The molecule has 9 nitrogen and oxygen atoms in total. The van der Waals surface area contributed by atoms with Gasteiger partial charge in [-0.05, 0) is 67.5 Å². The van der Waals surface area contributed by atoms with Crippen molar-refractivity contribution in [2.45, 2.75) is 31.6 Å². The van der Waals surface area contributed by atoms with Gasteiger partial charge in [0.1, 0.15) is 11.8 Å². The van der Waals surface area contributed by atoms with Gasteiger partial charge >= 0.3 is 0 Å². The maximum absolute atomic E-state index is 13.4. The molecule has 2 fully saturated rings. The van der Waals surface area contributed by atoms with Crippen LogP contribution in [0.15, 0.2) is 51.6 Å². The number of ether oxygens (including phenoxy) is 1. The number of likely N-dealkylation sites (tertiary alicyclic amines) is 1. The molecule has 4 aromatic rings. The third-order valence-electron chi connectivity index (χ3n) is 7.75. The minimum atomic E-state index is -0.0110. The number of hydrogen-bond acceptors (Lipinski definition) is 7. The lowest BCUT2D eigenvalue weighted by atomic mass is 9.88. The van der Waals surface area contributed by atoms with Crippen LogP contribution in [0, 0.1) is 17.2 Å². The first kappa shape index (κ1) is 23.2. The molecule has 0 aliphatic carbocycles. The first-order valence-electron chi connectivity index (χ1n) is 12.8. The van der Waals surface area contributed by atoms with Crippen LogP contribution in [0.1, 0.15) is 42.9 Å². The van der Waals surface area contributed by atoms with E-state index in [9.17, 15) is 10.1 Å². The van der Waals surface area contributed by atoms with Crippen molar-refractivity contribution in [2.24, 2.45) is 5.92 Å². The highest BCUT2D eigenvalue weighted by Gasteiger charge is 2.33. The number of oxazole rings is 1. The summed E-state index contributed by atoms with van der Waals surface area (Å²) in [6.07, 6.45) is 7.01. The Hall–Kier alpha value is -4.19. The first-order chi connectivity index (χ1) is 18.1. The second-order valence-electron chi connectivity index (χ2n) is 9.78. The van der Waals surface area contributed by atoms with Crippen molar-refractivity contribution in [2.75, 3.05) is 38.2 Å². The van der Waals surface area contributed by atoms with Crippen molar-refractivity contribution in [1.29, 1.82) is 5.26 Å². The van der Waals surface area contributed by atoms with Crippen molar-refractivity contribution >= 4 is 22.7 Å². The summed E-state index contributed by atoms with van der Waals surface area (Å²) in [5.74, 6) is 2.75. The average Bonchev–Trinajstić information content (AvgIpc) is 3.72. The van der Waals surface area contributed by atoms with E-state index in [1.54, 1.807) is 25.5 Å². The van der Waals surface area contributed by atoms with Crippen molar-refractivity contribution in [1.82, 2.24) is 14.9 Å². The summed E-state index contributed by atoms with van der Waals surface area (Å²) in [4.78, 5) is 25.1. The summed E-state index contributed by atoms with van der Waals surface area (Å²) in [5, 5.41) is 10.8. The Bertz CT molecular complexity index is 1430. The maximum atomic E-state index is 13.4. The van der Waals surface area contributed by atoms with Gasteiger partial charge in [0.15, 0.2) is 5.76 Å². The Labute approximate surface area is 214 Å². The molecule has 5 heterocycles. The maximum Gasteiger partial charge on any atom is 0.266 e. The summed E-state index contributed by atoms with van der Waals surface area (Å²) in [7, 11) is 1.69. The minimum absolute atomic E-state index is 0.0110. The number of piperidine rings is 2. The molecule has 2 aliphatic heterocycles. The number of amides is 1. The zero-order valence-electron chi connectivity index (χ0n) is 20.8. The molecule has 1 N–H and O–H groups in total. The number of nitrogens with one attached hydrogen (secondary N) is 1. The Balaban J connectivity index is 1.06. The third kappa shape index (κ3) is 4.33. The number of anilines is 1. The van der Waals surface area contributed by atoms with Crippen LogP contribution in [0.25, 0.3) is 22.6 Å². The molecule has 0 unspecified atom stereocenters. The number of furan rings is 1. The van der Waals surface area contributed by atoms with E-state index in [1.165, 1.54) is 10.9 Å². The van der Waals surface area contributed by atoms with Crippen LogP contribution in [0.4, 0.5) is 5.88 Å². The van der Waals surface area contributed by atoms with E-state index in [2.05, 4.69) is 34.4 Å². The van der Waals surface area contributed by atoms with E-state index >= 15 is 0 Å². The van der Waals surface area contributed by atoms with Crippen molar-refractivity contribution < 1.29 is 18.4 Å². The standard InChI is InChI=1S/C28H29N5O4/c1-35-20-4-5-23-21(15-20)22(17-30-23)18-6-10-32(11-7-18)27(34)19-8-12-33(13-9-19)28-24(16-29)31-26(37-28)25-3-2-14-36-25/h2-5,14-15,17-19,30H,6-13H2,1H3. The number of aromatic nitrogens is 2. The summed E-state index contributed by atoms with van der Waals surface area (Å²) < 4.78 is 16.7. The highest BCUT2D eigenvalue weighted by molar-refractivity contribution is 5.85. The zero-order valence-corrected chi connectivity index (χ0v) is 20.8. The fourth-order valence-corrected chi connectivity index (χ4v) is 5.69. The average molecular weight is 500 g/mol. The minimum Gasteiger partial charge on any atom is -0.497 e. The van der Waals surface area contributed by atoms with Crippen molar-refractivity contribution in [3.8, 4) is 23.5 Å². The number of methoxy groups -OCH3 is 1. The lowest BCUT2D eigenvalue weighted by molar-refractivity contribution is -0.137. The van der Waals surface area contributed by atoms with Gasteiger partial charge in [0.25, 0.3) is 5.89 Å². The van der Waals surface area contributed by atoms with Gasteiger partial charge in [-0.15, -0.1) is 0 Å². The topological polar surface area (TPSA) is 112 Å². The molecule has 9 heteroatoms. The third-order valence-corrected chi connectivity index (χ3v) is 7.75. The second kappa shape index (κ2) is 9.69. The fraction of sp³-hybridized carbons (Fsp3) is 0.393. The van der Waals surface area contributed by atoms with Crippen LogP contribution in [0.3, 0.4) is 0 Å². The van der Waals surface area contributed by atoms with Gasteiger partial charge in [-0.1, -0.05) is 0 Å². The number of fused-ring (bicyclic) bond motifs is 1. The molecule has 0 saturated carbocycles. The molecular formula is C28H29N5O4. The fourth-order valence-electron chi connectivity index (χ4n) is 5.69. The van der Waals surface area contributed by atoms with Gasteiger partial charge in [0, 0.05) is 49.2 Å². The van der Waals surface area contributed by atoms with E-state index < -0.39 is 0 Å². The molecule has 0 spiro atoms. The van der Waals surface area contributed by atoms with Gasteiger partial charge < -0.3 is 28.4 Å². The Morgan fingerprint density at radius 1 is 1.16 bits per heavy atom. The number of carbonyl (C=O) groups excluding carboxylic acids is 1. The predicted octanol–water partition coefficient (Wildman–Crippen LogP) is 4.92. The monoisotopic (exact) mass is 499 g/mol. The van der Waals surface area contributed by atoms with Gasteiger partial charge in [0.2, 0.25) is 17.5 Å². The van der Waals surface area contributed by atoms with E-state index in [1.807, 2.05) is 15.9 Å². The number of hydrogen-bond donors (Lipinski definition) is 1. The van der Waals surface area contributed by atoms with Gasteiger partial charge in [-0.3, -0.25) is 4.79 Å². The number of rotatable bonds is 5. The number of nitriles is 1. The molecule has 0 atom stereocenters. The van der Waals surface area contributed by atoms with Gasteiger partial charge in [-0.2, -0.15) is 10.2 Å². The number of nitrogens with zero attached hydrogens (tertiary/aromatic N) is 4. The van der Waals surface area contributed by atoms with Crippen LogP contribution in [0.5, 0.6) is 5.75 Å². The Morgan fingerprint density at radius 3 is 2.68 bits per heavy atom. The van der Waals surface area contributed by atoms with E-state index in [0.717, 1.165) is 50.0 Å². The van der Waals surface area contributed by atoms with Crippen LogP contribution in [0.2, 0.25) is 0 Å². The summed E-state index contributed by atoms with van der Waals surface area (Å²) in [5.41, 5.74) is 2.67. The predicted molar refractivity (Wildman–Crippen MR) is 137 cm³/mol. The Morgan fingerprint density at radius 2 is 1.97 bits per heavy atom. The number of H-pyrrole nitrogens is 1. The molecule has 6 rings (SSSR count). The first-order valence-corrected chi connectivity index (χ1v) is 12.8. The highest BCUT2D eigenvalue weighted by Crippen LogP contribution is 2.36. The summed E-state index contributed by atoms with van der Waals surface area (Å²) in [6.45, 7) is 2.83. The lowest BCUT2D eigenvalue weighted by Crippen LogP contribution is -2.45. The summed E-state index contributed by atoms with van der Waals surface area (Å²) >= 11 is 0. The van der Waals surface area contributed by atoms with Gasteiger partial charge in [0.05, 0.1) is 13.4 Å². The number of carbonyl (C=O) groups is 1. The van der Waals surface area contributed by atoms with Crippen LogP contribution in [-0.2, 0) is 4.79 Å². The molecule has 190 valence electrons. The molecule has 0 bridgehead atoms.